The van der Waals surface area contributed by atoms with Gasteiger partial charge in [0.2, 0.25) is 0 Å². The number of benzene rings is 1. The first-order valence-electron chi connectivity index (χ1n) is 8.68. The molecule has 3 aromatic rings. The third-order valence-electron chi connectivity index (χ3n) is 4.50. The molecule has 0 unspecified atom stereocenters. The zero-order chi connectivity index (χ0) is 17.8. The minimum absolute atomic E-state index is 0.203. The molecule has 1 amide bonds. The number of rotatable bonds is 4. The van der Waals surface area contributed by atoms with Gasteiger partial charge in [0, 0.05) is 36.6 Å². The van der Waals surface area contributed by atoms with Crippen molar-refractivity contribution in [2.75, 3.05) is 23.3 Å². The molecule has 0 spiro atoms. The number of hydrogen-bond acceptors (Lipinski definition) is 5. The molecule has 4 rings (SSSR count). The topological polar surface area (TPSA) is 71.0 Å². The Balaban J connectivity index is 1.54. The molecular weight excluding hydrogens is 326 g/mol. The number of anilines is 2. The van der Waals surface area contributed by atoms with E-state index in [-0.39, 0.29) is 5.91 Å². The summed E-state index contributed by atoms with van der Waals surface area (Å²) in [5, 5.41) is 2.88. The number of nitrogens with zero attached hydrogens (tertiary/aromatic N) is 4. The summed E-state index contributed by atoms with van der Waals surface area (Å²) in [6.45, 7) is 2.14. The fourth-order valence-electron chi connectivity index (χ4n) is 3.18. The Hall–Kier alpha value is -3.28. The molecule has 1 fully saturated rings. The van der Waals surface area contributed by atoms with Crippen LogP contribution >= 0.6 is 0 Å². The molecule has 0 bridgehead atoms. The van der Waals surface area contributed by atoms with Crippen molar-refractivity contribution in [1.29, 1.82) is 0 Å². The molecule has 1 aromatic carbocycles. The normalized spacial score (nSPS) is 13.6. The summed E-state index contributed by atoms with van der Waals surface area (Å²) < 4.78 is 0. The van der Waals surface area contributed by atoms with Crippen LogP contribution in [0.2, 0.25) is 0 Å². The molecule has 6 heteroatoms. The predicted molar refractivity (Wildman–Crippen MR) is 101 cm³/mol. The third kappa shape index (κ3) is 3.39. The Morgan fingerprint density at radius 1 is 0.962 bits per heavy atom. The maximum absolute atomic E-state index is 12.7. The Morgan fingerprint density at radius 3 is 2.46 bits per heavy atom. The Kier molecular flexibility index (Phi) is 4.55. The van der Waals surface area contributed by atoms with Crippen LogP contribution in [0.3, 0.4) is 0 Å². The zero-order valence-corrected chi connectivity index (χ0v) is 14.3. The summed E-state index contributed by atoms with van der Waals surface area (Å²) in [5.74, 6) is 0.336. The highest BCUT2D eigenvalue weighted by Crippen LogP contribution is 2.24. The van der Waals surface area contributed by atoms with Gasteiger partial charge in [-0.15, -0.1) is 0 Å². The van der Waals surface area contributed by atoms with Gasteiger partial charge in [-0.3, -0.25) is 4.79 Å². The lowest BCUT2D eigenvalue weighted by Gasteiger charge is -2.17. The van der Waals surface area contributed by atoms with E-state index in [9.17, 15) is 4.79 Å². The molecule has 3 heterocycles. The maximum Gasteiger partial charge on any atom is 0.257 e. The summed E-state index contributed by atoms with van der Waals surface area (Å²) in [5.41, 5.74) is 3.25. The van der Waals surface area contributed by atoms with Gasteiger partial charge in [-0.05, 0) is 36.6 Å². The van der Waals surface area contributed by atoms with E-state index in [0.717, 1.165) is 29.9 Å². The Bertz CT molecular complexity index is 890. The van der Waals surface area contributed by atoms with Crippen molar-refractivity contribution in [3.8, 4) is 11.1 Å². The molecule has 0 aliphatic carbocycles. The Labute approximate surface area is 151 Å². The molecule has 130 valence electrons. The highest BCUT2D eigenvalue weighted by Gasteiger charge is 2.15. The van der Waals surface area contributed by atoms with Gasteiger partial charge in [-0.25, -0.2) is 15.0 Å². The van der Waals surface area contributed by atoms with Gasteiger partial charge in [0.25, 0.3) is 5.91 Å². The van der Waals surface area contributed by atoms with Crippen LogP contribution in [0.5, 0.6) is 0 Å². The smallest absolute Gasteiger partial charge is 0.257 e. The van der Waals surface area contributed by atoms with E-state index < -0.39 is 0 Å². The highest BCUT2D eigenvalue weighted by molar-refractivity contribution is 6.08. The molecule has 1 saturated heterocycles. The summed E-state index contributed by atoms with van der Waals surface area (Å²) in [6.07, 6.45) is 9.12. The lowest BCUT2D eigenvalue weighted by molar-refractivity contribution is 0.102. The van der Waals surface area contributed by atoms with Gasteiger partial charge < -0.3 is 10.2 Å². The number of amides is 1. The van der Waals surface area contributed by atoms with Crippen LogP contribution in [0.25, 0.3) is 11.1 Å². The van der Waals surface area contributed by atoms with E-state index in [1.807, 2.05) is 36.5 Å². The van der Waals surface area contributed by atoms with E-state index >= 15 is 0 Å². The van der Waals surface area contributed by atoms with Crippen molar-refractivity contribution in [3.05, 3.63) is 66.9 Å². The lowest BCUT2D eigenvalue weighted by atomic mass is 10.0. The molecule has 0 radical (unpaired) electrons. The van der Waals surface area contributed by atoms with E-state index in [1.54, 1.807) is 18.5 Å². The number of hydrogen-bond donors (Lipinski definition) is 1. The van der Waals surface area contributed by atoms with Crippen molar-refractivity contribution in [3.63, 3.8) is 0 Å². The van der Waals surface area contributed by atoms with Crippen LogP contribution in [0.1, 0.15) is 23.2 Å². The average Bonchev–Trinajstić information content (AvgIpc) is 3.24. The first-order chi connectivity index (χ1) is 12.8. The van der Waals surface area contributed by atoms with Gasteiger partial charge in [0.15, 0.2) is 0 Å². The zero-order valence-electron chi connectivity index (χ0n) is 14.3. The molecule has 26 heavy (non-hydrogen) atoms. The number of nitrogens with one attached hydrogen (secondary N) is 1. The maximum atomic E-state index is 12.7. The van der Waals surface area contributed by atoms with Gasteiger partial charge in [0.1, 0.15) is 12.1 Å². The highest BCUT2D eigenvalue weighted by atomic mass is 16.1. The third-order valence-corrected chi connectivity index (χ3v) is 4.50. The van der Waals surface area contributed by atoms with Crippen molar-refractivity contribution in [1.82, 2.24) is 15.0 Å². The summed E-state index contributed by atoms with van der Waals surface area (Å²) >= 11 is 0. The molecular formula is C20H19N5O. The molecule has 0 atom stereocenters. The van der Waals surface area contributed by atoms with Crippen molar-refractivity contribution >= 4 is 17.4 Å². The second-order valence-electron chi connectivity index (χ2n) is 6.22. The summed E-state index contributed by atoms with van der Waals surface area (Å²) in [7, 11) is 0. The number of aromatic nitrogens is 3. The standard InChI is InChI=1S/C20H19N5O/c26-20(18-6-2-1-5-17(18)15-11-21-14-22-12-15)24-19-8-7-16(13-23-19)25-9-3-4-10-25/h1-2,5-8,11-14H,3-4,9-10H2,(H,23,24,26). The van der Waals surface area contributed by atoms with Crippen molar-refractivity contribution in [2.24, 2.45) is 0 Å². The van der Waals surface area contributed by atoms with Crippen LogP contribution in [-0.2, 0) is 0 Å². The molecule has 2 aromatic heterocycles. The molecule has 1 aliphatic rings. The lowest BCUT2D eigenvalue weighted by Crippen LogP contribution is -2.18. The van der Waals surface area contributed by atoms with E-state index in [4.69, 9.17) is 0 Å². The first kappa shape index (κ1) is 16.2. The van der Waals surface area contributed by atoms with E-state index in [2.05, 4.69) is 25.2 Å². The summed E-state index contributed by atoms with van der Waals surface area (Å²) in [4.78, 5) is 27.5. The first-order valence-corrected chi connectivity index (χ1v) is 8.68. The van der Waals surface area contributed by atoms with Crippen molar-refractivity contribution in [2.45, 2.75) is 12.8 Å². The van der Waals surface area contributed by atoms with Gasteiger partial charge in [-0.2, -0.15) is 0 Å². The van der Waals surface area contributed by atoms with Crippen LogP contribution in [0, 0.1) is 0 Å². The minimum Gasteiger partial charge on any atom is -0.370 e. The van der Waals surface area contributed by atoms with Gasteiger partial charge >= 0.3 is 0 Å². The molecule has 6 nitrogen and oxygen atoms in total. The second kappa shape index (κ2) is 7.31. The largest absolute Gasteiger partial charge is 0.370 e. The van der Waals surface area contributed by atoms with Crippen LogP contribution in [-0.4, -0.2) is 33.9 Å². The Morgan fingerprint density at radius 2 is 1.73 bits per heavy atom. The summed E-state index contributed by atoms with van der Waals surface area (Å²) in [6, 6.07) is 11.3. The minimum atomic E-state index is -0.203. The molecule has 1 N–H and O–H groups in total. The van der Waals surface area contributed by atoms with E-state index in [1.165, 1.54) is 19.2 Å². The monoisotopic (exact) mass is 345 g/mol. The number of carbonyl (C=O) groups is 1. The van der Waals surface area contributed by atoms with Crippen LogP contribution in [0.15, 0.2) is 61.3 Å². The predicted octanol–water partition coefficient (Wildman–Crippen LogP) is 3.39. The van der Waals surface area contributed by atoms with Crippen LogP contribution < -0.4 is 10.2 Å². The van der Waals surface area contributed by atoms with Crippen molar-refractivity contribution < 1.29 is 4.79 Å². The molecule has 1 aliphatic heterocycles. The second-order valence-corrected chi connectivity index (χ2v) is 6.22. The fraction of sp³-hybridized carbons (Fsp3) is 0.200. The average molecular weight is 345 g/mol. The van der Waals surface area contributed by atoms with Gasteiger partial charge in [-0.1, -0.05) is 18.2 Å². The number of carbonyl (C=O) groups excluding carboxylic acids is 1. The van der Waals surface area contributed by atoms with Gasteiger partial charge in [0.05, 0.1) is 11.9 Å². The fourth-order valence-corrected chi connectivity index (χ4v) is 3.18. The molecule has 0 saturated carbocycles. The number of pyridine rings is 1. The van der Waals surface area contributed by atoms with Crippen LogP contribution in [0.4, 0.5) is 11.5 Å². The quantitative estimate of drug-likeness (QED) is 0.785. The SMILES string of the molecule is O=C(Nc1ccc(N2CCCC2)cn1)c1ccccc1-c1cncnc1. The van der Waals surface area contributed by atoms with E-state index in [0.29, 0.717) is 11.4 Å².